The lowest BCUT2D eigenvalue weighted by molar-refractivity contribution is 0.0698. The number of carboxylic acid groups (broad SMARTS) is 1. The number of carbonyl (C=O) groups is 1. The number of nitrogens with one attached hydrogen (secondary N) is 1. The van der Waals surface area contributed by atoms with E-state index in [1.54, 1.807) is 11.4 Å². The summed E-state index contributed by atoms with van der Waals surface area (Å²) >= 11 is 4.17. The van der Waals surface area contributed by atoms with Crippen LogP contribution in [0.5, 0.6) is 5.75 Å². The van der Waals surface area contributed by atoms with Gasteiger partial charge in [-0.25, -0.2) is 13.2 Å². The fourth-order valence-corrected chi connectivity index (χ4v) is 4.99. The zero-order valence-electron chi connectivity index (χ0n) is 10.7. The SMILES string of the molecule is COc1ccc(C(=O)O)c(NS(=O)(=O)c2sccc2Br)c1. The zero-order chi connectivity index (χ0) is 15.6. The number of hydrogen-bond acceptors (Lipinski definition) is 5. The van der Waals surface area contributed by atoms with Crippen molar-refractivity contribution in [2.45, 2.75) is 4.21 Å². The van der Waals surface area contributed by atoms with Crippen molar-refractivity contribution in [3.05, 3.63) is 39.7 Å². The molecule has 0 fully saturated rings. The minimum Gasteiger partial charge on any atom is -0.497 e. The Balaban J connectivity index is 2.47. The maximum absolute atomic E-state index is 12.3. The molecule has 0 spiro atoms. The van der Waals surface area contributed by atoms with E-state index in [1.165, 1.54) is 25.3 Å². The molecule has 0 amide bonds. The third-order valence-electron chi connectivity index (χ3n) is 2.53. The van der Waals surface area contributed by atoms with Gasteiger partial charge < -0.3 is 9.84 Å². The van der Waals surface area contributed by atoms with Crippen molar-refractivity contribution < 1.29 is 23.1 Å². The summed E-state index contributed by atoms with van der Waals surface area (Å²) in [5.41, 5.74) is -0.214. The summed E-state index contributed by atoms with van der Waals surface area (Å²) in [6, 6.07) is 5.65. The first kappa shape index (κ1) is 15.8. The molecule has 1 aromatic carbocycles. The van der Waals surface area contributed by atoms with Crippen LogP contribution in [0.15, 0.2) is 38.3 Å². The minimum absolute atomic E-state index is 0.0536. The quantitative estimate of drug-likeness (QED) is 0.816. The van der Waals surface area contributed by atoms with Crippen LogP contribution in [0.2, 0.25) is 0 Å². The molecule has 2 rings (SSSR count). The van der Waals surface area contributed by atoms with Gasteiger partial charge in [-0.15, -0.1) is 11.3 Å². The summed E-state index contributed by atoms with van der Waals surface area (Å²) in [5.74, 6) is -0.886. The van der Waals surface area contributed by atoms with Gasteiger partial charge in [0.15, 0.2) is 4.21 Å². The van der Waals surface area contributed by atoms with Gasteiger partial charge in [-0.05, 0) is 39.5 Å². The number of rotatable bonds is 5. The molecular weight excluding hydrogens is 382 g/mol. The van der Waals surface area contributed by atoms with Gasteiger partial charge in [0.05, 0.1) is 18.4 Å². The molecule has 0 aliphatic carbocycles. The number of carboxylic acids is 1. The molecule has 9 heteroatoms. The molecule has 0 bridgehead atoms. The van der Waals surface area contributed by atoms with Crippen LogP contribution >= 0.6 is 27.3 Å². The topological polar surface area (TPSA) is 92.7 Å². The predicted octanol–water partition coefficient (Wildman–Crippen LogP) is 3.02. The Morgan fingerprint density at radius 2 is 2.10 bits per heavy atom. The first-order chi connectivity index (χ1) is 9.85. The molecular formula is C12H10BrNO5S2. The molecule has 1 heterocycles. The number of sulfonamides is 1. The van der Waals surface area contributed by atoms with Crippen molar-refractivity contribution in [2.24, 2.45) is 0 Å². The van der Waals surface area contributed by atoms with Crippen LogP contribution in [0.25, 0.3) is 0 Å². The summed E-state index contributed by atoms with van der Waals surface area (Å²) in [7, 11) is -2.47. The lowest BCUT2D eigenvalue weighted by Gasteiger charge is -2.11. The second-order valence-electron chi connectivity index (χ2n) is 3.88. The van der Waals surface area contributed by atoms with Gasteiger partial charge in [-0.1, -0.05) is 0 Å². The van der Waals surface area contributed by atoms with Gasteiger partial charge in [0, 0.05) is 10.5 Å². The maximum Gasteiger partial charge on any atom is 0.337 e. The summed E-state index contributed by atoms with van der Waals surface area (Å²) in [4.78, 5) is 11.2. The molecule has 2 aromatic rings. The second kappa shape index (κ2) is 6.04. The van der Waals surface area contributed by atoms with Gasteiger partial charge in [0.1, 0.15) is 5.75 Å². The van der Waals surface area contributed by atoms with Crippen LogP contribution < -0.4 is 9.46 Å². The Morgan fingerprint density at radius 3 is 2.62 bits per heavy atom. The lowest BCUT2D eigenvalue weighted by atomic mass is 10.2. The van der Waals surface area contributed by atoms with Crippen molar-refractivity contribution in [3.8, 4) is 5.75 Å². The summed E-state index contributed by atoms with van der Waals surface area (Å²) in [6.07, 6.45) is 0. The van der Waals surface area contributed by atoms with E-state index in [4.69, 9.17) is 9.84 Å². The number of aromatic carboxylic acids is 1. The van der Waals surface area contributed by atoms with Gasteiger partial charge in [-0.2, -0.15) is 0 Å². The molecule has 2 N–H and O–H groups in total. The molecule has 0 saturated heterocycles. The van der Waals surface area contributed by atoms with E-state index >= 15 is 0 Å². The van der Waals surface area contributed by atoms with E-state index in [0.717, 1.165) is 11.3 Å². The highest BCUT2D eigenvalue weighted by atomic mass is 79.9. The van der Waals surface area contributed by atoms with Gasteiger partial charge in [0.25, 0.3) is 10.0 Å². The summed E-state index contributed by atoms with van der Waals surface area (Å²) < 4.78 is 32.3. The molecule has 0 atom stereocenters. The van der Waals surface area contributed by atoms with Crippen LogP contribution in [0.3, 0.4) is 0 Å². The maximum atomic E-state index is 12.3. The fraction of sp³-hybridized carbons (Fsp3) is 0.0833. The summed E-state index contributed by atoms with van der Waals surface area (Å²) in [6.45, 7) is 0. The lowest BCUT2D eigenvalue weighted by Crippen LogP contribution is -2.15. The van der Waals surface area contributed by atoms with Gasteiger partial charge in [-0.3, -0.25) is 4.72 Å². The molecule has 0 radical (unpaired) electrons. The second-order valence-corrected chi connectivity index (χ2v) is 7.53. The highest BCUT2D eigenvalue weighted by Gasteiger charge is 2.22. The zero-order valence-corrected chi connectivity index (χ0v) is 13.9. The van der Waals surface area contributed by atoms with Crippen molar-refractivity contribution in [2.75, 3.05) is 11.8 Å². The van der Waals surface area contributed by atoms with E-state index in [0.29, 0.717) is 10.2 Å². The normalized spacial score (nSPS) is 11.1. The molecule has 0 saturated carbocycles. The van der Waals surface area contributed by atoms with E-state index in [9.17, 15) is 13.2 Å². The number of ether oxygens (including phenoxy) is 1. The molecule has 1 aromatic heterocycles. The van der Waals surface area contributed by atoms with Gasteiger partial charge in [0.2, 0.25) is 0 Å². The van der Waals surface area contributed by atoms with E-state index < -0.39 is 16.0 Å². The first-order valence-corrected chi connectivity index (χ1v) is 8.68. The molecule has 112 valence electrons. The van der Waals surface area contributed by atoms with Crippen LogP contribution in [0, 0.1) is 0 Å². The number of hydrogen-bond donors (Lipinski definition) is 2. The fourth-order valence-electron chi connectivity index (χ4n) is 1.58. The van der Waals surface area contributed by atoms with Crippen LogP contribution in [-0.4, -0.2) is 26.6 Å². The van der Waals surface area contributed by atoms with Crippen molar-refractivity contribution in [1.82, 2.24) is 0 Å². The Bertz CT molecular complexity index is 785. The first-order valence-electron chi connectivity index (χ1n) is 5.52. The van der Waals surface area contributed by atoms with E-state index in [1.807, 2.05) is 0 Å². The van der Waals surface area contributed by atoms with Crippen LogP contribution in [0.1, 0.15) is 10.4 Å². The highest BCUT2D eigenvalue weighted by molar-refractivity contribution is 9.10. The largest absolute Gasteiger partial charge is 0.497 e. The number of halogens is 1. The standard InChI is InChI=1S/C12H10BrNO5S2/c1-19-7-2-3-8(11(15)16)10(6-7)14-21(17,18)12-9(13)4-5-20-12/h2-6,14H,1H3,(H,15,16). The molecule has 0 unspecified atom stereocenters. The Morgan fingerprint density at radius 1 is 1.38 bits per heavy atom. The van der Waals surface area contributed by atoms with Crippen molar-refractivity contribution in [3.63, 3.8) is 0 Å². The average Bonchev–Trinajstić information content (AvgIpc) is 2.85. The van der Waals surface area contributed by atoms with Crippen molar-refractivity contribution in [1.29, 1.82) is 0 Å². The molecule has 6 nitrogen and oxygen atoms in total. The number of benzene rings is 1. The van der Waals surface area contributed by atoms with E-state index in [2.05, 4.69) is 20.7 Å². The smallest absolute Gasteiger partial charge is 0.337 e. The minimum atomic E-state index is -3.88. The third-order valence-corrected chi connectivity index (χ3v) is 6.57. The number of anilines is 1. The Kier molecular flexibility index (Phi) is 4.55. The highest BCUT2D eigenvalue weighted by Crippen LogP contribution is 2.31. The monoisotopic (exact) mass is 391 g/mol. The van der Waals surface area contributed by atoms with E-state index in [-0.39, 0.29) is 15.5 Å². The third kappa shape index (κ3) is 3.36. The average molecular weight is 392 g/mol. The molecule has 0 aliphatic heterocycles. The molecule has 21 heavy (non-hydrogen) atoms. The van der Waals surface area contributed by atoms with Crippen LogP contribution in [-0.2, 0) is 10.0 Å². The predicted molar refractivity (Wildman–Crippen MR) is 82.8 cm³/mol. The Hall–Kier alpha value is -1.58. The van der Waals surface area contributed by atoms with Crippen LogP contribution in [0.4, 0.5) is 5.69 Å². The van der Waals surface area contributed by atoms with Crippen molar-refractivity contribution >= 4 is 48.9 Å². The number of thiophene rings is 1. The molecule has 0 aliphatic rings. The van der Waals surface area contributed by atoms with Gasteiger partial charge >= 0.3 is 5.97 Å². The summed E-state index contributed by atoms with van der Waals surface area (Å²) in [5, 5.41) is 10.7. The number of methoxy groups -OCH3 is 1. The Labute approximate surface area is 133 Å².